The standard InChI is InChI=1S/C14H20O3/c1-11-4-5-13(10-12(11)2)14(6-3-7-15)16-8-9-17-14/h4-5,10,15H,3,6-9H2,1-2H3. The van der Waals surface area contributed by atoms with Crippen LogP contribution in [-0.4, -0.2) is 24.9 Å². The van der Waals surface area contributed by atoms with E-state index in [0.29, 0.717) is 26.1 Å². The lowest BCUT2D eigenvalue weighted by Gasteiger charge is -2.28. The highest BCUT2D eigenvalue weighted by atomic mass is 16.7. The van der Waals surface area contributed by atoms with Gasteiger partial charge in [0.1, 0.15) is 0 Å². The average molecular weight is 236 g/mol. The van der Waals surface area contributed by atoms with Gasteiger partial charge in [-0.2, -0.15) is 0 Å². The lowest BCUT2D eigenvalue weighted by Crippen LogP contribution is -2.27. The summed E-state index contributed by atoms with van der Waals surface area (Å²) in [5.74, 6) is -0.638. The second kappa shape index (κ2) is 5.17. The van der Waals surface area contributed by atoms with Gasteiger partial charge < -0.3 is 14.6 Å². The van der Waals surface area contributed by atoms with Gasteiger partial charge in [0.05, 0.1) is 13.2 Å². The van der Waals surface area contributed by atoms with Crippen molar-refractivity contribution < 1.29 is 14.6 Å². The summed E-state index contributed by atoms with van der Waals surface area (Å²) in [7, 11) is 0. The molecule has 3 nitrogen and oxygen atoms in total. The first-order valence-electron chi connectivity index (χ1n) is 6.14. The van der Waals surface area contributed by atoms with E-state index in [2.05, 4.69) is 32.0 Å². The van der Waals surface area contributed by atoms with Gasteiger partial charge in [0.15, 0.2) is 5.79 Å². The number of hydrogen-bond donors (Lipinski definition) is 1. The maximum Gasteiger partial charge on any atom is 0.195 e. The van der Waals surface area contributed by atoms with Crippen LogP contribution in [0.15, 0.2) is 18.2 Å². The number of benzene rings is 1. The summed E-state index contributed by atoms with van der Waals surface area (Å²) in [4.78, 5) is 0. The molecule has 0 aromatic heterocycles. The molecule has 94 valence electrons. The Morgan fingerprint density at radius 3 is 2.47 bits per heavy atom. The molecule has 0 bridgehead atoms. The fraction of sp³-hybridized carbons (Fsp3) is 0.571. The highest BCUT2D eigenvalue weighted by molar-refractivity contribution is 5.32. The molecule has 0 amide bonds. The first-order valence-corrected chi connectivity index (χ1v) is 6.14. The third kappa shape index (κ3) is 2.51. The molecule has 1 aliphatic heterocycles. The zero-order valence-corrected chi connectivity index (χ0v) is 10.5. The van der Waals surface area contributed by atoms with Crippen LogP contribution in [0.5, 0.6) is 0 Å². The topological polar surface area (TPSA) is 38.7 Å². The predicted octanol–water partition coefficient (Wildman–Crippen LogP) is 2.28. The molecule has 1 heterocycles. The highest BCUT2D eigenvalue weighted by Crippen LogP contribution is 2.36. The normalized spacial score (nSPS) is 18.5. The summed E-state index contributed by atoms with van der Waals surface area (Å²) in [5, 5.41) is 8.98. The lowest BCUT2D eigenvalue weighted by molar-refractivity contribution is -0.172. The van der Waals surface area contributed by atoms with Crippen LogP contribution in [-0.2, 0) is 15.3 Å². The number of aliphatic hydroxyl groups is 1. The summed E-state index contributed by atoms with van der Waals surface area (Å²) in [5.41, 5.74) is 3.57. The third-order valence-electron chi connectivity index (χ3n) is 3.36. The molecule has 1 aliphatic rings. The molecule has 0 saturated carbocycles. The van der Waals surface area contributed by atoms with E-state index in [9.17, 15) is 0 Å². The van der Waals surface area contributed by atoms with Crippen molar-refractivity contribution in [1.82, 2.24) is 0 Å². The largest absolute Gasteiger partial charge is 0.396 e. The van der Waals surface area contributed by atoms with Gasteiger partial charge in [-0.25, -0.2) is 0 Å². The van der Waals surface area contributed by atoms with E-state index >= 15 is 0 Å². The van der Waals surface area contributed by atoms with Crippen molar-refractivity contribution in [1.29, 1.82) is 0 Å². The molecule has 0 aliphatic carbocycles. The first kappa shape index (κ1) is 12.6. The first-order chi connectivity index (χ1) is 8.18. The molecule has 1 fully saturated rings. The zero-order valence-electron chi connectivity index (χ0n) is 10.5. The van der Waals surface area contributed by atoms with Gasteiger partial charge in [0, 0.05) is 18.6 Å². The molecule has 0 spiro atoms. The van der Waals surface area contributed by atoms with Crippen LogP contribution in [0.25, 0.3) is 0 Å². The molecule has 1 saturated heterocycles. The Balaban J connectivity index is 2.28. The maximum absolute atomic E-state index is 8.98. The average Bonchev–Trinajstić information content (AvgIpc) is 2.80. The van der Waals surface area contributed by atoms with Crippen molar-refractivity contribution in [3.63, 3.8) is 0 Å². The van der Waals surface area contributed by atoms with Crippen LogP contribution >= 0.6 is 0 Å². The van der Waals surface area contributed by atoms with Crippen molar-refractivity contribution in [3.05, 3.63) is 34.9 Å². The molecular formula is C14H20O3. The van der Waals surface area contributed by atoms with Gasteiger partial charge in [0.25, 0.3) is 0 Å². The molecule has 17 heavy (non-hydrogen) atoms. The van der Waals surface area contributed by atoms with E-state index < -0.39 is 5.79 Å². The minimum atomic E-state index is -0.638. The van der Waals surface area contributed by atoms with Crippen LogP contribution < -0.4 is 0 Å². The molecule has 0 radical (unpaired) electrons. The second-order valence-electron chi connectivity index (χ2n) is 4.58. The van der Waals surface area contributed by atoms with Crippen LogP contribution in [0.2, 0.25) is 0 Å². The molecule has 1 N–H and O–H groups in total. The molecule has 0 atom stereocenters. The molecular weight excluding hydrogens is 216 g/mol. The second-order valence-corrected chi connectivity index (χ2v) is 4.58. The number of rotatable bonds is 4. The number of ether oxygens (including phenoxy) is 2. The van der Waals surface area contributed by atoms with Crippen LogP contribution in [0.3, 0.4) is 0 Å². The van der Waals surface area contributed by atoms with Gasteiger partial charge in [0.2, 0.25) is 0 Å². The van der Waals surface area contributed by atoms with Crippen molar-refractivity contribution in [3.8, 4) is 0 Å². The van der Waals surface area contributed by atoms with Crippen LogP contribution in [0.1, 0.15) is 29.5 Å². The van der Waals surface area contributed by atoms with Gasteiger partial charge in [-0.15, -0.1) is 0 Å². The number of aryl methyl sites for hydroxylation is 2. The van der Waals surface area contributed by atoms with E-state index in [4.69, 9.17) is 14.6 Å². The lowest BCUT2D eigenvalue weighted by atomic mass is 9.97. The van der Waals surface area contributed by atoms with Gasteiger partial charge in [-0.3, -0.25) is 0 Å². The Labute approximate surface area is 102 Å². The molecule has 2 rings (SSSR count). The predicted molar refractivity (Wildman–Crippen MR) is 65.8 cm³/mol. The molecule has 1 aromatic carbocycles. The van der Waals surface area contributed by atoms with E-state index in [-0.39, 0.29) is 6.61 Å². The van der Waals surface area contributed by atoms with E-state index in [1.165, 1.54) is 11.1 Å². The van der Waals surface area contributed by atoms with Gasteiger partial charge in [-0.05, 0) is 31.4 Å². The smallest absolute Gasteiger partial charge is 0.195 e. The summed E-state index contributed by atoms with van der Waals surface area (Å²) in [6, 6.07) is 6.28. The zero-order chi connectivity index (χ0) is 12.3. The fourth-order valence-electron chi connectivity index (χ4n) is 2.20. The molecule has 0 unspecified atom stereocenters. The number of aliphatic hydroxyl groups excluding tert-OH is 1. The third-order valence-corrected chi connectivity index (χ3v) is 3.36. The fourth-order valence-corrected chi connectivity index (χ4v) is 2.20. The van der Waals surface area contributed by atoms with Crippen molar-refractivity contribution in [2.24, 2.45) is 0 Å². The Bertz CT molecular complexity index is 381. The summed E-state index contributed by atoms with van der Waals surface area (Å²) >= 11 is 0. The minimum absolute atomic E-state index is 0.166. The summed E-state index contributed by atoms with van der Waals surface area (Å²) < 4.78 is 11.6. The quantitative estimate of drug-likeness (QED) is 0.871. The Kier molecular flexibility index (Phi) is 3.82. The summed E-state index contributed by atoms with van der Waals surface area (Å²) in [6.07, 6.45) is 1.39. The number of hydrogen-bond acceptors (Lipinski definition) is 3. The Morgan fingerprint density at radius 2 is 1.88 bits per heavy atom. The van der Waals surface area contributed by atoms with Crippen LogP contribution in [0.4, 0.5) is 0 Å². The molecule has 3 heteroatoms. The van der Waals surface area contributed by atoms with Crippen molar-refractivity contribution in [2.45, 2.75) is 32.5 Å². The van der Waals surface area contributed by atoms with Gasteiger partial charge in [-0.1, -0.05) is 18.2 Å². The highest BCUT2D eigenvalue weighted by Gasteiger charge is 2.37. The van der Waals surface area contributed by atoms with E-state index in [0.717, 1.165) is 5.56 Å². The van der Waals surface area contributed by atoms with E-state index in [1.807, 2.05) is 0 Å². The van der Waals surface area contributed by atoms with Crippen molar-refractivity contribution in [2.75, 3.05) is 19.8 Å². The Morgan fingerprint density at radius 1 is 1.18 bits per heavy atom. The monoisotopic (exact) mass is 236 g/mol. The maximum atomic E-state index is 8.98. The minimum Gasteiger partial charge on any atom is -0.396 e. The Hall–Kier alpha value is -0.900. The SMILES string of the molecule is Cc1ccc(C2(CCCO)OCCO2)cc1C. The van der Waals surface area contributed by atoms with E-state index in [1.54, 1.807) is 0 Å². The van der Waals surface area contributed by atoms with Crippen molar-refractivity contribution >= 4 is 0 Å². The van der Waals surface area contributed by atoms with Gasteiger partial charge >= 0.3 is 0 Å². The molecule has 1 aromatic rings. The van der Waals surface area contributed by atoms with Crippen LogP contribution in [0, 0.1) is 13.8 Å². The summed E-state index contributed by atoms with van der Waals surface area (Å²) in [6.45, 7) is 5.60.